The number of carbonyl (C=O) groups excluding carboxylic acids is 2. The highest BCUT2D eigenvalue weighted by Gasteiger charge is 2.47. The molecule has 0 aromatic heterocycles. The van der Waals surface area contributed by atoms with Gasteiger partial charge in [-0.25, -0.2) is 0 Å². The van der Waals surface area contributed by atoms with Gasteiger partial charge in [-0.05, 0) is 31.1 Å². The Hall–Kier alpha value is -1.12. The molecule has 0 aromatic rings. The van der Waals surface area contributed by atoms with Crippen molar-refractivity contribution in [2.45, 2.75) is 44.6 Å². The van der Waals surface area contributed by atoms with Crippen LogP contribution < -0.4 is 0 Å². The predicted octanol–water partition coefficient (Wildman–Crippen LogP) is 2.25. The zero-order valence-electron chi connectivity index (χ0n) is 9.93. The second-order valence-electron chi connectivity index (χ2n) is 5.54. The van der Waals surface area contributed by atoms with Crippen LogP contribution in [0.3, 0.4) is 0 Å². The molecular formula is C14H18O3. The first kappa shape index (κ1) is 11.0. The fourth-order valence-electron chi connectivity index (χ4n) is 3.91. The monoisotopic (exact) mass is 234 g/mol. The van der Waals surface area contributed by atoms with Crippen molar-refractivity contribution < 1.29 is 14.3 Å². The largest absolute Gasteiger partial charge is 0.496 e. The molecule has 0 bridgehead atoms. The molecule has 92 valence electrons. The fraction of sp³-hybridized carbons (Fsp3) is 0.714. The summed E-state index contributed by atoms with van der Waals surface area (Å²) in [6.07, 6.45) is 9.11. The van der Waals surface area contributed by atoms with Crippen LogP contribution in [0.15, 0.2) is 11.8 Å². The van der Waals surface area contributed by atoms with Gasteiger partial charge in [-0.15, -0.1) is 0 Å². The van der Waals surface area contributed by atoms with E-state index in [9.17, 15) is 9.59 Å². The third kappa shape index (κ3) is 1.72. The van der Waals surface area contributed by atoms with Crippen LogP contribution in [0, 0.1) is 17.8 Å². The van der Waals surface area contributed by atoms with Crippen LogP contribution in [-0.2, 0) is 14.3 Å². The SMILES string of the molecule is O=CC1=COC2CCC3CCCCC3C2C1=O. The second kappa shape index (κ2) is 4.28. The third-order valence-electron chi connectivity index (χ3n) is 4.74. The van der Waals surface area contributed by atoms with Crippen molar-refractivity contribution >= 4 is 12.1 Å². The van der Waals surface area contributed by atoms with Gasteiger partial charge < -0.3 is 4.74 Å². The number of ether oxygens (including phenoxy) is 1. The topological polar surface area (TPSA) is 43.4 Å². The number of hydrogen-bond donors (Lipinski definition) is 0. The summed E-state index contributed by atoms with van der Waals surface area (Å²) in [7, 11) is 0. The van der Waals surface area contributed by atoms with E-state index in [0.29, 0.717) is 18.1 Å². The summed E-state index contributed by atoms with van der Waals surface area (Å²) >= 11 is 0. The molecule has 0 spiro atoms. The lowest BCUT2D eigenvalue weighted by Crippen LogP contribution is -2.47. The average molecular weight is 234 g/mol. The van der Waals surface area contributed by atoms with E-state index in [1.54, 1.807) is 0 Å². The Balaban J connectivity index is 1.88. The lowest BCUT2D eigenvalue weighted by molar-refractivity contribution is -0.135. The molecule has 4 atom stereocenters. The molecule has 3 rings (SSSR count). The van der Waals surface area contributed by atoms with E-state index in [0.717, 1.165) is 12.8 Å². The van der Waals surface area contributed by atoms with Crippen molar-refractivity contribution in [3.05, 3.63) is 11.8 Å². The van der Waals surface area contributed by atoms with Crippen molar-refractivity contribution in [1.29, 1.82) is 0 Å². The van der Waals surface area contributed by atoms with Crippen molar-refractivity contribution in [3.8, 4) is 0 Å². The van der Waals surface area contributed by atoms with Gasteiger partial charge in [-0.2, -0.15) is 0 Å². The minimum atomic E-state index is -0.0424. The maximum absolute atomic E-state index is 12.3. The molecule has 2 fully saturated rings. The summed E-state index contributed by atoms with van der Waals surface area (Å²) in [6, 6.07) is 0. The summed E-state index contributed by atoms with van der Waals surface area (Å²) in [6.45, 7) is 0. The summed E-state index contributed by atoms with van der Waals surface area (Å²) < 4.78 is 5.59. The summed E-state index contributed by atoms with van der Waals surface area (Å²) in [5, 5.41) is 0. The summed E-state index contributed by atoms with van der Waals surface area (Å²) in [5.41, 5.74) is 0.234. The van der Waals surface area contributed by atoms with E-state index >= 15 is 0 Å². The zero-order valence-corrected chi connectivity index (χ0v) is 9.93. The van der Waals surface area contributed by atoms with Crippen LogP contribution in [0.1, 0.15) is 38.5 Å². The van der Waals surface area contributed by atoms with E-state index < -0.39 is 0 Å². The number of aldehydes is 1. The molecule has 2 saturated carbocycles. The molecule has 2 aliphatic carbocycles. The lowest BCUT2D eigenvalue weighted by atomic mass is 9.62. The minimum absolute atomic E-state index is 0.0329. The first-order valence-electron chi connectivity index (χ1n) is 6.66. The Bertz CT molecular complexity index is 372. The number of ketones is 1. The van der Waals surface area contributed by atoms with E-state index in [-0.39, 0.29) is 23.4 Å². The number of rotatable bonds is 1. The Kier molecular flexibility index (Phi) is 2.77. The van der Waals surface area contributed by atoms with E-state index in [4.69, 9.17) is 4.74 Å². The Labute approximate surface area is 101 Å². The van der Waals surface area contributed by atoms with Gasteiger partial charge in [-0.3, -0.25) is 9.59 Å². The van der Waals surface area contributed by atoms with Crippen molar-refractivity contribution in [1.82, 2.24) is 0 Å². The molecular weight excluding hydrogens is 216 g/mol. The smallest absolute Gasteiger partial charge is 0.176 e. The number of hydrogen-bond acceptors (Lipinski definition) is 3. The standard InChI is InChI=1S/C14H18O3/c15-7-10-8-17-12-6-5-9-3-1-2-4-11(9)13(12)14(10)16/h7-9,11-13H,1-6H2. The molecule has 0 N–H and O–H groups in total. The molecule has 4 unspecified atom stereocenters. The van der Waals surface area contributed by atoms with Gasteiger partial charge in [0.25, 0.3) is 0 Å². The summed E-state index contributed by atoms with van der Waals surface area (Å²) in [4.78, 5) is 23.1. The van der Waals surface area contributed by atoms with Crippen LogP contribution in [0.2, 0.25) is 0 Å². The van der Waals surface area contributed by atoms with Gasteiger partial charge in [0.05, 0.1) is 17.8 Å². The van der Waals surface area contributed by atoms with Crippen molar-refractivity contribution in [2.75, 3.05) is 0 Å². The van der Waals surface area contributed by atoms with Crippen LogP contribution in [0.4, 0.5) is 0 Å². The van der Waals surface area contributed by atoms with Crippen LogP contribution in [0.25, 0.3) is 0 Å². The van der Waals surface area contributed by atoms with Gasteiger partial charge in [0, 0.05) is 0 Å². The van der Waals surface area contributed by atoms with Crippen molar-refractivity contribution in [3.63, 3.8) is 0 Å². The molecule has 1 heterocycles. The highest BCUT2D eigenvalue weighted by atomic mass is 16.5. The van der Waals surface area contributed by atoms with Gasteiger partial charge in [0.1, 0.15) is 6.10 Å². The van der Waals surface area contributed by atoms with Gasteiger partial charge in [0.2, 0.25) is 0 Å². The zero-order chi connectivity index (χ0) is 11.8. The van der Waals surface area contributed by atoms with E-state index in [2.05, 4.69) is 0 Å². The van der Waals surface area contributed by atoms with Crippen molar-refractivity contribution in [2.24, 2.45) is 17.8 Å². The molecule has 17 heavy (non-hydrogen) atoms. The normalized spacial score (nSPS) is 40.7. The van der Waals surface area contributed by atoms with Crippen LogP contribution >= 0.6 is 0 Å². The summed E-state index contributed by atoms with van der Waals surface area (Å²) in [5.74, 6) is 1.13. The molecule has 1 aliphatic heterocycles. The molecule has 0 aromatic carbocycles. The van der Waals surface area contributed by atoms with Crippen LogP contribution in [-0.4, -0.2) is 18.2 Å². The minimum Gasteiger partial charge on any atom is -0.496 e. The Morgan fingerprint density at radius 1 is 1.18 bits per heavy atom. The average Bonchev–Trinajstić information content (AvgIpc) is 2.38. The number of Topliss-reactive ketones (excluding diaryl/α,β-unsaturated/α-hetero) is 1. The van der Waals surface area contributed by atoms with E-state index in [1.807, 2.05) is 0 Å². The molecule has 3 nitrogen and oxygen atoms in total. The molecule has 0 radical (unpaired) electrons. The molecule has 0 amide bonds. The van der Waals surface area contributed by atoms with Gasteiger partial charge in [-0.1, -0.05) is 19.3 Å². The van der Waals surface area contributed by atoms with Gasteiger partial charge in [0.15, 0.2) is 12.1 Å². The molecule has 3 heteroatoms. The predicted molar refractivity (Wildman–Crippen MR) is 62.2 cm³/mol. The Morgan fingerprint density at radius 3 is 2.82 bits per heavy atom. The first-order valence-corrected chi connectivity index (χ1v) is 6.66. The lowest BCUT2D eigenvalue weighted by Gasteiger charge is -2.45. The molecule has 0 saturated heterocycles. The number of allylic oxidation sites excluding steroid dienone is 1. The van der Waals surface area contributed by atoms with Crippen LogP contribution in [0.5, 0.6) is 0 Å². The Morgan fingerprint density at radius 2 is 2.00 bits per heavy atom. The maximum atomic E-state index is 12.3. The fourth-order valence-corrected chi connectivity index (χ4v) is 3.91. The highest BCUT2D eigenvalue weighted by molar-refractivity contribution is 6.13. The first-order chi connectivity index (χ1) is 8.31. The molecule has 3 aliphatic rings. The highest BCUT2D eigenvalue weighted by Crippen LogP contribution is 2.46. The quantitative estimate of drug-likeness (QED) is 0.516. The number of carbonyl (C=O) groups is 2. The van der Waals surface area contributed by atoms with E-state index in [1.165, 1.54) is 31.9 Å². The third-order valence-corrected chi connectivity index (χ3v) is 4.74. The number of fused-ring (bicyclic) bond motifs is 3. The maximum Gasteiger partial charge on any atom is 0.176 e. The van der Waals surface area contributed by atoms with Gasteiger partial charge >= 0.3 is 0 Å². The second-order valence-corrected chi connectivity index (χ2v) is 5.54.